The van der Waals surface area contributed by atoms with E-state index in [4.69, 9.17) is 0 Å². The molecular formula is C23H25N5O2. The second-order valence-electron chi connectivity index (χ2n) is 7.61. The van der Waals surface area contributed by atoms with E-state index in [0.29, 0.717) is 13.0 Å². The molecule has 0 radical (unpaired) electrons. The van der Waals surface area contributed by atoms with Gasteiger partial charge in [0, 0.05) is 35.6 Å². The smallest absolute Gasteiger partial charge is 0.321 e. The lowest BCUT2D eigenvalue weighted by Gasteiger charge is -2.13. The number of nitrogens with zero attached hydrogens (tertiary/aromatic N) is 3. The maximum atomic E-state index is 11.9. The number of carboxylic acid groups (broad SMARTS) is 1. The first-order chi connectivity index (χ1) is 14.5. The summed E-state index contributed by atoms with van der Waals surface area (Å²) in [5, 5.41) is 23.2. The molecule has 0 saturated carbocycles. The standard InChI is InChI=1S/C23H25N5O2/c1-15(2)28-26-21(22(27-28)16-8-4-3-5-9-16)14-25-20(23(29)30)12-17-13-24-19-11-7-6-10-18(17)19/h3-11,13,15,20,24-25H,12,14H2,1-2H3,(H,29,30)/t20-/m0/s1. The molecule has 0 aliphatic carbocycles. The number of benzene rings is 2. The molecule has 0 bridgehead atoms. The van der Waals surface area contributed by atoms with E-state index in [0.717, 1.165) is 33.4 Å². The summed E-state index contributed by atoms with van der Waals surface area (Å²) in [6.07, 6.45) is 2.26. The summed E-state index contributed by atoms with van der Waals surface area (Å²) in [7, 11) is 0. The predicted octanol–water partition coefficient (Wildman–Crippen LogP) is 3.79. The Morgan fingerprint density at radius 1 is 1.10 bits per heavy atom. The summed E-state index contributed by atoms with van der Waals surface area (Å²) < 4.78 is 0. The summed E-state index contributed by atoms with van der Waals surface area (Å²) in [4.78, 5) is 16.8. The maximum absolute atomic E-state index is 11.9. The van der Waals surface area contributed by atoms with Crippen LogP contribution in [0.15, 0.2) is 60.8 Å². The van der Waals surface area contributed by atoms with Crippen molar-refractivity contribution in [2.75, 3.05) is 0 Å². The van der Waals surface area contributed by atoms with Gasteiger partial charge in [0.2, 0.25) is 0 Å². The van der Waals surface area contributed by atoms with Crippen molar-refractivity contribution >= 4 is 16.9 Å². The molecule has 3 N–H and O–H groups in total. The van der Waals surface area contributed by atoms with Crippen LogP contribution in [0.1, 0.15) is 31.1 Å². The third-order valence-corrected chi connectivity index (χ3v) is 5.12. The summed E-state index contributed by atoms with van der Waals surface area (Å²) in [5.41, 5.74) is 4.44. The summed E-state index contributed by atoms with van der Waals surface area (Å²) >= 11 is 0. The van der Waals surface area contributed by atoms with Crippen LogP contribution in [0.4, 0.5) is 0 Å². The number of carboxylic acids is 1. The fourth-order valence-electron chi connectivity index (χ4n) is 3.51. The zero-order valence-corrected chi connectivity index (χ0v) is 17.0. The molecule has 7 heteroatoms. The number of aromatic amines is 1. The van der Waals surface area contributed by atoms with Gasteiger partial charge in [-0.15, -0.1) is 0 Å². The average molecular weight is 403 g/mol. The average Bonchev–Trinajstić information content (AvgIpc) is 3.36. The molecule has 154 valence electrons. The zero-order valence-electron chi connectivity index (χ0n) is 17.0. The molecule has 0 unspecified atom stereocenters. The van der Waals surface area contributed by atoms with Crippen molar-refractivity contribution < 1.29 is 9.90 Å². The molecule has 4 aromatic rings. The Hall–Kier alpha value is -3.45. The van der Waals surface area contributed by atoms with E-state index in [1.54, 1.807) is 4.80 Å². The van der Waals surface area contributed by atoms with Gasteiger partial charge in [-0.05, 0) is 25.5 Å². The normalized spacial score (nSPS) is 12.5. The third kappa shape index (κ3) is 4.11. The Labute approximate surface area is 174 Å². The number of carbonyl (C=O) groups is 1. The van der Waals surface area contributed by atoms with Crippen molar-refractivity contribution in [3.05, 3.63) is 72.1 Å². The molecule has 0 aliphatic rings. The first-order valence-corrected chi connectivity index (χ1v) is 10.0. The minimum atomic E-state index is -0.891. The van der Waals surface area contributed by atoms with E-state index in [1.807, 2.05) is 74.6 Å². The highest BCUT2D eigenvalue weighted by atomic mass is 16.4. The highest BCUT2D eigenvalue weighted by Crippen LogP contribution is 2.22. The van der Waals surface area contributed by atoms with Gasteiger partial charge in [0.15, 0.2) is 0 Å². The SMILES string of the molecule is CC(C)n1nc(CN[C@@H](Cc2c[nH]c3ccccc23)C(=O)O)c(-c2ccccc2)n1. The maximum Gasteiger partial charge on any atom is 0.321 e. The summed E-state index contributed by atoms with van der Waals surface area (Å²) in [6.45, 7) is 4.35. The minimum absolute atomic E-state index is 0.114. The topological polar surface area (TPSA) is 95.8 Å². The van der Waals surface area contributed by atoms with Gasteiger partial charge in [-0.3, -0.25) is 10.1 Å². The molecule has 0 amide bonds. The molecule has 7 nitrogen and oxygen atoms in total. The number of aliphatic carboxylic acids is 1. The molecule has 2 aromatic carbocycles. The number of aromatic nitrogens is 4. The molecule has 4 rings (SSSR count). The third-order valence-electron chi connectivity index (χ3n) is 5.12. The van der Waals surface area contributed by atoms with Gasteiger partial charge in [-0.1, -0.05) is 48.5 Å². The van der Waals surface area contributed by atoms with Crippen molar-refractivity contribution in [1.82, 2.24) is 25.3 Å². The molecule has 1 atom stereocenters. The van der Waals surface area contributed by atoms with Crippen LogP contribution in [0.5, 0.6) is 0 Å². The number of hydrogen-bond acceptors (Lipinski definition) is 4. The molecule has 0 fully saturated rings. The highest BCUT2D eigenvalue weighted by Gasteiger charge is 2.22. The molecule has 30 heavy (non-hydrogen) atoms. The first-order valence-electron chi connectivity index (χ1n) is 10.0. The summed E-state index contributed by atoms with van der Waals surface area (Å²) in [5.74, 6) is -0.891. The van der Waals surface area contributed by atoms with Gasteiger partial charge >= 0.3 is 5.97 Å². The molecule has 0 saturated heterocycles. The molecule has 0 aliphatic heterocycles. The van der Waals surface area contributed by atoms with E-state index in [-0.39, 0.29) is 6.04 Å². The van der Waals surface area contributed by atoms with Crippen LogP contribution in [0, 0.1) is 0 Å². The summed E-state index contributed by atoms with van der Waals surface area (Å²) in [6, 6.07) is 17.1. The number of nitrogens with one attached hydrogen (secondary N) is 2. The van der Waals surface area contributed by atoms with Crippen LogP contribution in [0.3, 0.4) is 0 Å². The van der Waals surface area contributed by atoms with Gasteiger partial charge in [0.05, 0.1) is 6.04 Å². The number of para-hydroxylation sites is 1. The van der Waals surface area contributed by atoms with Crippen molar-refractivity contribution in [2.45, 2.75) is 38.9 Å². The quantitative estimate of drug-likeness (QED) is 0.416. The largest absolute Gasteiger partial charge is 0.480 e. The second-order valence-corrected chi connectivity index (χ2v) is 7.61. The van der Waals surface area contributed by atoms with Gasteiger partial charge in [0.25, 0.3) is 0 Å². The number of hydrogen-bond donors (Lipinski definition) is 3. The second kappa shape index (κ2) is 8.51. The van der Waals surface area contributed by atoms with Crippen molar-refractivity contribution in [1.29, 1.82) is 0 Å². The van der Waals surface area contributed by atoms with E-state index in [1.165, 1.54) is 0 Å². The van der Waals surface area contributed by atoms with Crippen LogP contribution < -0.4 is 5.32 Å². The molecule has 2 heterocycles. The van der Waals surface area contributed by atoms with Crippen LogP contribution in [-0.4, -0.2) is 37.1 Å². The first kappa shape index (κ1) is 19.8. The van der Waals surface area contributed by atoms with E-state index in [9.17, 15) is 9.90 Å². The minimum Gasteiger partial charge on any atom is -0.480 e. The Balaban J connectivity index is 1.56. The van der Waals surface area contributed by atoms with Crippen LogP contribution in [-0.2, 0) is 17.8 Å². The van der Waals surface area contributed by atoms with Crippen molar-refractivity contribution in [3.8, 4) is 11.3 Å². The number of fused-ring (bicyclic) bond motifs is 1. The Bertz CT molecular complexity index is 1150. The Morgan fingerprint density at radius 3 is 2.57 bits per heavy atom. The fourth-order valence-corrected chi connectivity index (χ4v) is 3.51. The van der Waals surface area contributed by atoms with Gasteiger partial charge in [0.1, 0.15) is 17.4 Å². The van der Waals surface area contributed by atoms with Crippen molar-refractivity contribution in [3.63, 3.8) is 0 Å². The molecular weight excluding hydrogens is 378 g/mol. The van der Waals surface area contributed by atoms with Gasteiger partial charge in [-0.2, -0.15) is 15.0 Å². The fraction of sp³-hybridized carbons (Fsp3) is 0.261. The van der Waals surface area contributed by atoms with Gasteiger partial charge in [-0.25, -0.2) is 0 Å². The number of rotatable bonds is 8. The van der Waals surface area contributed by atoms with Crippen LogP contribution in [0.2, 0.25) is 0 Å². The highest BCUT2D eigenvalue weighted by molar-refractivity contribution is 5.84. The monoisotopic (exact) mass is 403 g/mol. The molecule has 2 aromatic heterocycles. The lowest BCUT2D eigenvalue weighted by Crippen LogP contribution is -2.38. The van der Waals surface area contributed by atoms with Crippen LogP contribution in [0.25, 0.3) is 22.2 Å². The van der Waals surface area contributed by atoms with Crippen LogP contribution >= 0.6 is 0 Å². The number of H-pyrrole nitrogens is 1. The lowest BCUT2D eigenvalue weighted by atomic mass is 10.0. The predicted molar refractivity (Wildman–Crippen MR) is 116 cm³/mol. The van der Waals surface area contributed by atoms with Gasteiger partial charge < -0.3 is 10.1 Å². The van der Waals surface area contributed by atoms with Crippen molar-refractivity contribution in [2.24, 2.45) is 0 Å². The van der Waals surface area contributed by atoms with E-state index >= 15 is 0 Å². The van der Waals surface area contributed by atoms with E-state index in [2.05, 4.69) is 20.5 Å². The lowest BCUT2D eigenvalue weighted by molar-refractivity contribution is -0.139. The Morgan fingerprint density at radius 2 is 1.83 bits per heavy atom. The Kier molecular flexibility index (Phi) is 5.63. The zero-order chi connectivity index (χ0) is 21.1. The molecule has 0 spiro atoms. The van der Waals surface area contributed by atoms with E-state index < -0.39 is 12.0 Å².